The van der Waals surface area contributed by atoms with Crippen molar-refractivity contribution in [2.75, 3.05) is 11.8 Å². The lowest BCUT2D eigenvalue weighted by Gasteiger charge is -2.17. The normalized spacial score (nSPS) is 11.2. The van der Waals surface area contributed by atoms with Gasteiger partial charge in [-0.3, -0.25) is 4.72 Å². The van der Waals surface area contributed by atoms with Crippen LogP contribution in [0.25, 0.3) is 0 Å². The van der Waals surface area contributed by atoms with Crippen molar-refractivity contribution in [3.63, 3.8) is 0 Å². The average Bonchev–Trinajstić information content (AvgIpc) is 2.70. The molecule has 0 unspecified atom stereocenters. The number of hydrogen-bond donors (Lipinski definition) is 2. The highest BCUT2D eigenvalue weighted by atomic mass is 32.2. The first-order valence-corrected chi connectivity index (χ1v) is 10.8. The van der Waals surface area contributed by atoms with Crippen LogP contribution in [-0.4, -0.2) is 26.6 Å². The quantitative estimate of drug-likeness (QED) is 0.585. The summed E-state index contributed by atoms with van der Waals surface area (Å²) in [5, 5.41) is 9.55. The van der Waals surface area contributed by atoms with Crippen molar-refractivity contribution in [1.29, 1.82) is 0 Å². The van der Waals surface area contributed by atoms with E-state index in [2.05, 4.69) is 4.72 Å². The van der Waals surface area contributed by atoms with Crippen LogP contribution in [0.5, 0.6) is 5.75 Å². The van der Waals surface area contributed by atoms with Gasteiger partial charge in [0.25, 0.3) is 10.0 Å². The molecule has 7 heteroatoms. The van der Waals surface area contributed by atoms with E-state index in [1.165, 1.54) is 19.2 Å². The summed E-state index contributed by atoms with van der Waals surface area (Å²) in [4.78, 5) is 11.8. The monoisotopic (exact) mass is 425 g/mol. The minimum absolute atomic E-state index is 0.0644. The lowest BCUT2D eigenvalue weighted by molar-refractivity contribution is 0.0698. The number of anilines is 1. The van der Waals surface area contributed by atoms with E-state index in [1.807, 2.05) is 30.3 Å². The zero-order valence-corrected chi connectivity index (χ0v) is 17.8. The zero-order valence-electron chi connectivity index (χ0n) is 17.0. The maximum atomic E-state index is 13.3. The third-order valence-electron chi connectivity index (χ3n) is 4.74. The minimum atomic E-state index is -4.05. The lowest BCUT2D eigenvalue weighted by atomic mass is 10.0. The van der Waals surface area contributed by atoms with Gasteiger partial charge in [-0.2, -0.15) is 0 Å². The molecule has 3 rings (SSSR count). The van der Waals surface area contributed by atoms with Crippen molar-refractivity contribution in [2.24, 2.45) is 0 Å². The topological polar surface area (TPSA) is 92.7 Å². The molecule has 0 aromatic heterocycles. The molecule has 156 valence electrons. The third kappa shape index (κ3) is 4.63. The van der Waals surface area contributed by atoms with Gasteiger partial charge < -0.3 is 9.84 Å². The number of hydrogen-bond acceptors (Lipinski definition) is 4. The molecule has 6 nitrogen and oxygen atoms in total. The highest BCUT2D eigenvalue weighted by Crippen LogP contribution is 2.29. The summed E-state index contributed by atoms with van der Waals surface area (Å²) in [7, 11) is -2.53. The van der Waals surface area contributed by atoms with E-state index < -0.39 is 16.0 Å². The van der Waals surface area contributed by atoms with Crippen LogP contribution >= 0.6 is 0 Å². The Morgan fingerprint density at radius 1 is 1.03 bits per heavy atom. The summed E-state index contributed by atoms with van der Waals surface area (Å²) in [5.41, 5.74) is 2.74. The molecule has 3 aromatic carbocycles. The molecule has 0 spiro atoms. The van der Waals surface area contributed by atoms with Crippen LogP contribution in [-0.2, 0) is 16.4 Å². The van der Waals surface area contributed by atoms with Crippen molar-refractivity contribution < 1.29 is 23.1 Å². The van der Waals surface area contributed by atoms with E-state index >= 15 is 0 Å². The second-order valence-electron chi connectivity index (χ2n) is 7.05. The number of carboxylic acid groups (broad SMARTS) is 1. The highest BCUT2D eigenvalue weighted by Gasteiger charge is 2.23. The molecule has 0 aliphatic heterocycles. The van der Waals surface area contributed by atoms with Gasteiger partial charge in [0, 0.05) is 0 Å². The molecule has 0 saturated heterocycles. The maximum absolute atomic E-state index is 13.3. The predicted molar refractivity (Wildman–Crippen MR) is 116 cm³/mol. The number of carboxylic acids is 1. The van der Waals surface area contributed by atoms with Crippen LogP contribution in [0.15, 0.2) is 65.6 Å². The third-order valence-corrected chi connectivity index (χ3v) is 6.19. The van der Waals surface area contributed by atoms with Gasteiger partial charge in [0.2, 0.25) is 0 Å². The van der Waals surface area contributed by atoms with E-state index in [-0.39, 0.29) is 16.1 Å². The average molecular weight is 426 g/mol. The molecule has 0 aliphatic rings. The van der Waals surface area contributed by atoms with E-state index in [4.69, 9.17) is 4.74 Å². The van der Waals surface area contributed by atoms with Crippen LogP contribution in [0.2, 0.25) is 0 Å². The molecular formula is C23H23NO5S. The fourth-order valence-electron chi connectivity index (χ4n) is 3.36. The van der Waals surface area contributed by atoms with Gasteiger partial charge in [-0.1, -0.05) is 36.4 Å². The Labute approximate surface area is 176 Å². The SMILES string of the molecule is COc1ccc(S(=O)(=O)Nc2c(C)cc(C)cc2C(=O)O)c(Cc2ccccc2)c1. The van der Waals surface area contributed by atoms with Gasteiger partial charge in [-0.05, 0) is 66.8 Å². The molecular weight excluding hydrogens is 402 g/mol. The standard InChI is InChI=1S/C23H23NO5S/c1-15-11-16(2)22(20(12-15)23(25)26)24-30(27,28)21-10-9-19(29-3)14-18(21)13-17-7-5-4-6-8-17/h4-12,14,24H,13H2,1-3H3,(H,25,26). The van der Waals surface area contributed by atoms with Crippen LogP contribution < -0.4 is 9.46 Å². The predicted octanol–water partition coefficient (Wildman–Crippen LogP) is 4.40. The van der Waals surface area contributed by atoms with Crippen molar-refractivity contribution in [2.45, 2.75) is 25.2 Å². The number of sulfonamides is 1. The van der Waals surface area contributed by atoms with Crippen LogP contribution in [0.1, 0.15) is 32.6 Å². The lowest BCUT2D eigenvalue weighted by Crippen LogP contribution is -2.18. The highest BCUT2D eigenvalue weighted by molar-refractivity contribution is 7.92. The summed E-state index contributed by atoms with van der Waals surface area (Å²) in [6.07, 6.45) is 0.382. The Morgan fingerprint density at radius 2 is 1.73 bits per heavy atom. The molecule has 30 heavy (non-hydrogen) atoms. The second kappa shape index (κ2) is 8.59. The Hall–Kier alpha value is -3.32. The molecule has 0 heterocycles. The number of rotatable bonds is 7. The van der Waals surface area contributed by atoms with Gasteiger partial charge in [0.05, 0.1) is 23.3 Å². The van der Waals surface area contributed by atoms with E-state index in [0.29, 0.717) is 23.3 Å². The second-order valence-corrected chi connectivity index (χ2v) is 8.70. The smallest absolute Gasteiger partial charge is 0.337 e. The number of benzene rings is 3. The van der Waals surface area contributed by atoms with Crippen LogP contribution in [0, 0.1) is 13.8 Å². The number of aromatic carboxylic acids is 1. The van der Waals surface area contributed by atoms with Crippen LogP contribution in [0.3, 0.4) is 0 Å². The summed E-state index contributed by atoms with van der Waals surface area (Å²) < 4.78 is 34.3. The summed E-state index contributed by atoms with van der Waals surface area (Å²) in [6, 6.07) is 17.4. The first-order chi connectivity index (χ1) is 14.2. The number of aryl methyl sites for hydroxylation is 2. The Morgan fingerprint density at radius 3 is 2.37 bits per heavy atom. The summed E-state index contributed by atoms with van der Waals surface area (Å²) in [6.45, 7) is 3.44. The maximum Gasteiger partial charge on any atom is 0.337 e. The molecule has 3 aromatic rings. The van der Waals surface area contributed by atoms with Gasteiger partial charge in [0.1, 0.15) is 5.75 Å². The van der Waals surface area contributed by atoms with Gasteiger partial charge >= 0.3 is 5.97 Å². The van der Waals surface area contributed by atoms with Gasteiger partial charge in [-0.25, -0.2) is 13.2 Å². The molecule has 2 N–H and O–H groups in total. The van der Waals surface area contributed by atoms with Crippen molar-refractivity contribution >= 4 is 21.7 Å². The van der Waals surface area contributed by atoms with Gasteiger partial charge in [-0.15, -0.1) is 0 Å². The molecule has 0 amide bonds. The van der Waals surface area contributed by atoms with Gasteiger partial charge in [0.15, 0.2) is 0 Å². The largest absolute Gasteiger partial charge is 0.497 e. The molecule has 0 bridgehead atoms. The van der Waals surface area contributed by atoms with Crippen molar-refractivity contribution in [3.05, 3.63) is 88.5 Å². The molecule has 0 aliphatic carbocycles. The van der Waals surface area contributed by atoms with Crippen LogP contribution in [0.4, 0.5) is 5.69 Å². The number of methoxy groups -OCH3 is 1. The van der Waals surface area contributed by atoms with E-state index in [0.717, 1.165) is 11.1 Å². The first-order valence-electron chi connectivity index (χ1n) is 9.29. The molecule has 0 atom stereocenters. The molecule has 0 saturated carbocycles. The number of nitrogens with one attached hydrogen (secondary N) is 1. The first kappa shape index (κ1) is 21.4. The summed E-state index contributed by atoms with van der Waals surface area (Å²) in [5.74, 6) is -0.656. The Balaban J connectivity index is 2.08. The molecule has 0 fully saturated rings. The zero-order chi connectivity index (χ0) is 21.9. The van der Waals surface area contributed by atoms with E-state index in [1.54, 1.807) is 32.0 Å². The fourth-order valence-corrected chi connectivity index (χ4v) is 4.73. The fraction of sp³-hybridized carbons (Fsp3) is 0.174. The Bertz CT molecular complexity index is 1190. The number of carbonyl (C=O) groups is 1. The molecule has 0 radical (unpaired) electrons. The summed E-state index contributed by atoms with van der Waals surface area (Å²) >= 11 is 0. The Kier molecular flexibility index (Phi) is 6.12. The minimum Gasteiger partial charge on any atom is -0.497 e. The number of ether oxygens (including phenoxy) is 1. The van der Waals surface area contributed by atoms with E-state index in [9.17, 15) is 18.3 Å². The van der Waals surface area contributed by atoms with Crippen molar-refractivity contribution in [3.8, 4) is 5.75 Å². The van der Waals surface area contributed by atoms with Crippen molar-refractivity contribution in [1.82, 2.24) is 0 Å².